The third kappa shape index (κ3) is 1.36. The summed E-state index contributed by atoms with van der Waals surface area (Å²) in [6.45, 7) is 0. The minimum Gasteiger partial charge on any atom is -0.398 e. The molecule has 0 aliphatic rings. The Morgan fingerprint density at radius 3 is 1.47 bits per heavy atom. The molecule has 0 aliphatic heterocycles. The molecule has 4 rings (SSSR count). The third-order valence-corrected chi connectivity index (χ3v) is 3.80. The largest absolute Gasteiger partial charge is 0.398 e. The molecule has 4 aromatic rings. The van der Waals surface area contributed by atoms with Gasteiger partial charge in [-0.05, 0) is 33.0 Å². The molecule has 0 spiro atoms. The predicted molar refractivity (Wildman–Crippen MR) is 83.4 cm³/mol. The lowest BCUT2D eigenvalue weighted by atomic mass is 9.94. The van der Waals surface area contributed by atoms with Gasteiger partial charge < -0.3 is 5.73 Å². The van der Waals surface area contributed by atoms with Crippen LogP contribution in [0.4, 0.5) is 5.69 Å². The minimum atomic E-state index is 0.847. The van der Waals surface area contributed by atoms with E-state index in [0.29, 0.717) is 0 Å². The Morgan fingerprint density at radius 2 is 0.895 bits per heavy atom. The molecule has 0 radical (unpaired) electrons. The van der Waals surface area contributed by atoms with E-state index in [-0.39, 0.29) is 0 Å². The number of fused-ring (bicyclic) bond motifs is 6. The van der Waals surface area contributed by atoms with E-state index in [9.17, 15) is 0 Å². The van der Waals surface area contributed by atoms with Gasteiger partial charge in [-0.1, -0.05) is 60.7 Å². The summed E-state index contributed by atoms with van der Waals surface area (Å²) in [5.74, 6) is 0. The monoisotopic (exact) mass is 243 g/mol. The highest BCUT2D eigenvalue weighted by Gasteiger charge is 2.09. The van der Waals surface area contributed by atoms with Crippen LogP contribution in [0.1, 0.15) is 0 Å². The van der Waals surface area contributed by atoms with Gasteiger partial charge >= 0.3 is 0 Å². The summed E-state index contributed by atoms with van der Waals surface area (Å²) >= 11 is 0. The lowest BCUT2D eigenvalue weighted by Crippen LogP contribution is -1.89. The number of rotatable bonds is 0. The van der Waals surface area contributed by atoms with Crippen LogP contribution in [0, 0.1) is 0 Å². The molecule has 1 heteroatoms. The van der Waals surface area contributed by atoms with Crippen molar-refractivity contribution in [3.63, 3.8) is 0 Å². The van der Waals surface area contributed by atoms with Crippen molar-refractivity contribution >= 4 is 38.0 Å². The Bertz CT molecular complexity index is 877. The van der Waals surface area contributed by atoms with Gasteiger partial charge in [0.1, 0.15) is 0 Å². The zero-order valence-corrected chi connectivity index (χ0v) is 10.4. The van der Waals surface area contributed by atoms with Crippen LogP contribution in [0.15, 0.2) is 66.7 Å². The molecule has 90 valence electrons. The van der Waals surface area contributed by atoms with Crippen LogP contribution in [0.3, 0.4) is 0 Å². The number of nitrogen functional groups attached to an aromatic ring is 1. The first-order valence-electron chi connectivity index (χ1n) is 6.44. The lowest BCUT2D eigenvalue weighted by Gasteiger charge is -2.11. The van der Waals surface area contributed by atoms with Crippen molar-refractivity contribution in [3.05, 3.63) is 66.7 Å². The van der Waals surface area contributed by atoms with Crippen molar-refractivity contribution in [3.8, 4) is 0 Å². The Kier molecular flexibility index (Phi) is 2.04. The topological polar surface area (TPSA) is 26.0 Å². The van der Waals surface area contributed by atoms with E-state index in [2.05, 4.69) is 54.6 Å². The molecule has 4 aromatic carbocycles. The van der Waals surface area contributed by atoms with Crippen molar-refractivity contribution in [1.29, 1.82) is 0 Å². The molecule has 0 heterocycles. The first-order valence-corrected chi connectivity index (χ1v) is 6.44. The third-order valence-electron chi connectivity index (χ3n) is 3.80. The molecule has 0 bridgehead atoms. The number of hydrogen-bond donors (Lipinski definition) is 1. The van der Waals surface area contributed by atoms with Crippen molar-refractivity contribution < 1.29 is 0 Å². The number of nitrogens with two attached hydrogens (primary N) is 1. The van der Waals surface area contributed by atoms with Gasteiger partial charge in [0.2, 0.25) is 0 Å². The number of benzene rings is 4. The standard InChI is InChI=1S/C18H13N/c19-17-11-5-10-16-14-7-2-1-6-12(14)13-8-3-4-9-15(13)18(16)17/h1-11H,19H2. The van der Waals surface area contributed by atoms with Crippen LogP contribution in [-0.4, -0.2) is 0 Å². The fourth-order valence-electron chi connectivity index (χ4n) is 2.98. The van der Waals surface area contributed by atoms with Gasteiger partial charge in [0.05, 0.1) is 0 Å². The molecular weight excluding hydrogens is 230 g/mol. The Hall–Kier alpha value is -2.54. The van der Waals surface area contributed by atoms with Crippen molar-refractivity contribution in [1.82, 2.24) is 0 Å². The molecular formula is C18H13N. The first-order chi connectivity index (χ1) is 9.36. The Labute approximate surface area is 111 Å². The fourth-order valence-corrected chi connectivity index (χ4v) is 2.98. The molecule has 1 nitrogen and oxygen atoms in total. The fraction of sp³-hybridized carbons (Fsp3) is 0. The van der Waals surface area contributed by atoms with Gasteiger partial charge in [0, 0.05) is 11.1 Å². The van der Waals surface area contributed by atoms with Gasteiger partial charge in [-0.3, -0.25) is 0 Å². The van der Waals surface area contributed by atoms with E-state index in [4.69, 9.17) is 5.73 Å². The van der Waals surface area contributed by atoms with Gasteiger partial charge in [0.15, 0.2) is 0 Å². The molecule has 0 saturated heterocycles. The molecule has 0 aliphatic carbocycles. The van der Waals surface area contributed by atoms with Crippen molar-refractivity contribution in [2.75, 3.05) is 5.73 Å². The normalized spacial score (nSPS) is 11.4. The van der Waals surface area contributed by atoms with Crippen LogP contribution in [-0.2, 0) is 0 Å². The van der Waals surface area contributed by atoms with Gasteiger partial charge in [-0.2, -0.15) is 0 Å². The summed E-state index contributed by atoms with van der Waals surface area (Å²) in [5.41, 5.74) is 7.06. The maximum absolute atomic E-state index is 6.21. The second-order valence-electron chi connectivity index (χ2n) is 4.86. The molecule has 0 atom stereocenters. The number of anilines is 1. The van der Waals surface area contributed by atoms with E-state index in [0.717, 1.165) is 11.1 Å². The average molecular weight is 243 g/mol. The van der Waals surface area contributed by atoms with E-state index in [1.807, 2.05) is 12.1 Å². The van der Waals surface area contributed by atoms with E-state index < -0.39 is 0 Å². The highest BCUT2D eigenvalue weighted by molar-refractivity contribution is 6.27. The molecule has 0 amide bonds. The smallest absolute Gasteiger partial charge is 0.0400 e. The molecule has 0 unspecified atom stereocenters. The Balaban J connectivity index is 2.48. The summed E-state index contributed by atoms with van der Waals surface area (Å²) in [5, 5.41) is 7.45. The molecule has 0 fully saturated rings. The van der Waals surface area contributed by atoms with Gasteiger partial charge in [-0.15, -0.1) is 0 Å². The summed E-state index contributed by atoms with van der Waals surface area (Å²) in [7, 11) is 0. The maximum Gasteiger partial charge on any atom is 0.0400 e. The van der Waals surface area contributed by atoms with Gasteiger partial charge in [0.25, 0.3) is 0 Å². The average Bonchev–Trinajstić information content (AvgIpc) is 2.47. The van der Waals surface area contributed by atoms with E-state index in [1.165, 1.54) is 26.9 Å². The molecule has 19 heavy (non-hydrogen) atoms. The minimum absolute atomic E-state index is 0.847. The summed E-state index contributed by atoms with van der Waals surface area (Å²) in [6, 6.07) is 23.2. The second-order valence-corrected chi connectivity index (χ2v) is 4.86. The lowest BCUT2D eigenvalue weighted by molar-refractivity contribution is 1.75. The molecule has 0 saturated carbocycles. The summed E-state index contributed by atoms with van der Waals surface area (Å²) in [6.07, 6.45) is 0. The highest BCUT2D eigenvalue weighted by Crippen LogP contribution is 2.37. The Morgan fingerprint density at radius 1 is 0.474 bits per heavy atom. The molecule has 0 aromatic heterocycles. The second kappa shape index (κ2) is 3.72. The zero-order chi connectivity index (χ0) is 12.8. The van der Waals surface area contributed by atoms with Crippen LogP contribution in [0.25, 0.3) is 32.3 Å². The summed E-state index contributed by atoms with van der Waals surface area (Å²) in [4.78, 5) is 0. The van der Waals surface area contributed by atoms with Gasteiger partial charge in [-0.25, -0.2) is 0 Å². The highest BCUT2D eigenvalue weighted by atomic mass is 14.5. The van der Waals surface area contributed by atoms with Crippen LogP contribution >= 0.6 is 0 Å². The molecule has 2 N–H and O–H groups in total. The van der Waals surface area contributed by atoms with Crippen LogP contribution in [0.2, 0.25) is 0 Å². The van der Waals surface area contributed by atoms with Crippen LogP contribution < -0.4 is 5.73 Å². The maximum atomic E-state index is 6.21. The van der Waals surface area contributed by atoms with E-state index in [1.54, 1.807) is 0 Å². The first kappa shape index (κ1) is 10.4. The number of hydrogen-bond acceptors (Lipinski definition) is 1. The van der Waals surface area contributed by atoms with Crippen molar-refractivity contribution in [2.45, 2.75) is 0 Å². The van der Waals surface area contributed by atoms with Crippen LogP contribution in [0.5, 0.6) is 0 Å². The van der Waals surface area contributed by atoms with E-state index >= 15 is 0 Å². The van der Waals surface area contributed by atoms with Crippen molar-refractivity contribution in [2.24, 2.45) is 0 Å². The SMILES string of the molecule is Nc1cccc2c3ccccc3c3ccccc3c12. The predicted octanol–water partition coefficient (Wildman–Crippen LogP) is 4.73. The quantitative estimate of drug-likeness (QED) is 0.350. The summed E-state index contributed by atoms with van der Waals surface area (Å²) < 4.78 is 0. The zero-order valence-electron chi connectivity index (χ0n) is 10.4.